The van der Waals surface area contributed by atoms with Gasteiger partial charge in [-0.25, -0.2) is 4.39 Å². The standard InChI is InChI=1S/C20H19FN4O2/c1-11-14-8-12(21)6-7-18(14)27-19(11)10-23-20(26)15(22)9-17-13-4-2-3-5-16(13)24-25-17/h2-8,15H,9-10,22H2,1H3,(H,23,26)(H,24,25). The van der Waals surface area contributed by atoms with E-state index in [1.165, 1.54) is 12.1 Å². The van der Waals surface area contributed by atoms with Gasteiger partial charge in [0.05, 0.1) is 18.1 Å². The number of benzene rings is 2. The highest BCUT2D eigenvalue weighted by Crippen LogP contribution is 2.26. The number of aromatic amines is 1. The number of nitrogens with one attached hydrogen (secondary N) is 2. The number of aryl methyl sites for hydroxylation is 1. The zero-order valence-electron chi connectivity index (χ0n) is 14.8. The Kier molecular flexibility index (Phi) is 4.37. The molecule has 0 aliphatic carbocycles. The first-order valence-electron chi connectivity index (χ1n) is 8.65. The van der Waals surface area contributed by atoms with Gasteiger partial charge in [0.1, 0.15) is 17.2 Å². The average Bonchev–Trinajstić information content (AvgIpc) is 3.21. The number of fused-ring (bicyclic) bond motifs is 2. The highest BCUT2D eigenvalue weighted by atomic mass is 19.1. The van der Waals surface area contributed by atoms with E-state index in [0.717, 1.165) is 22.2 Å². The number of aromatic nitrogens is 2. The number of nitrogens with two attached hydrogens (primary N) is 1. The molecule has 4 rings (SSSR count). The van der Waals surface area contributed by atoms with Crippen LogP contribution in [-0.4, -0.2) is 22.1 Å². The Morgan fingerprint density at radius 3 is 2.96 bits per heavy atom. The number of H-pyrrole nitrogens is 1. The summed E-state index contributed by atoms with van der Waals surface area (Å²) in [4.78, 5) is 12.4. The molecule has 7 heteroatoms. The van der Waals surface area contributed by atoms with Crippen molar-refractivity contribution in [1.82, 2.24) is 15.5 Å². The molecular formula is C20H19FN4O2. The minimum Gasteiger partial charge on any atom is -0.459 e. The molecule has 2 aromatic heterocycles. The van der Waals surface area contributed by atoms with Crippen LogP contribution in [0, 0.1) is 12.7 Å². The smallest absolute Gasteiger partial charge is 0.237 e. The second kappa shape index (κ2) is 6.85. The zero-order valence-corrected chi connectivity index (χ0v) is 14.8. The fraction of sp³-hybridized carbons (Fsp3) is 0.200. The maximum absolute atomic E-state index is 13.4. The molecule has 0 saturated heterocycles. The lowest BCUT2D eigenvalue weighted by atomic mass is 10.1. The summed E-state index contributed by atoms with van der Waals surface area (Å²) in [6.45, 7) is 2.03. The van der Waals surface area contributed by atoms with Crippen molar-refractivity contribution in [1.29, 1.82) is 0 Å². The summed E-state index contributed by atoms with van der Waals surface area (Å²) >= 11 is 0. The van der Waals surface area contributed by atoms with Crippen molar-refractivity contribution in [2.75, 3.05) is 0 Å². The number of carbonyl (C=O) groups is 1. The fourth-order valence-corrected chi connectivity index (χ4v) is 3.19. The summed E-state index contributed by atoms with van der Waals surface area (Å²) in [7, 11) is 0. The van der Waals surface area contributed by atoms with E-state index in [9.17, 15) is 9.18 Å². The molecule has 1 unspecified atom stereocenters. The van der Waals surface area contributed by atoms with Crippen molar-refractivity contribution in [2.24, 2.45) is 5.73 Å². The predicted molar refractivity (Wildman–Crippen MR) is 101 cm³/mol. The van der Waals surface area contributed by atoms with Crippen LogP contribution >= 0.6 is 0 Å². The van der Waals surface area contributed by atoms with Crippen LogP contribution in [0.25, 0.3) is 21.9 Å². The Labute approximate surface area is 154 Å². The summed E-state index contributed by atoms with van der Waals surface area (Å²) in [5.74, 6) is -0.0290. The van der Waals surface area contributed by atoms with Gasteiger partial charge in [-0.1, -0.05) is 18.2 Å². The number of nitrogens with zero attached hydrogens (tertiary/aromatic N) is 1. The van der Waals surface area contributed by atoms with Gasteiger partial charge in [-0.3, -0.25) is 9.89 Å². The van der Waals surface area contributed by atoms with Gasteiger partial charge < -0.3 is 15.5 Å². The summed E-state index contributed by atoms with van der Waals surface area (Å²) in [5, 5.41) is 11.6. The van der Waals surface area contributed by atoms with E-state index in [2.05, 4.69) is 15.5 Å². The lowest BCUT2D eigenvalue weighted by Crippen LogP contribution is -2.41. The molecule has 0 saturated carbocycles. The Hall–Kier alpha value is -3.19. The summed E-state index contributed by atoms with van der Waals surface area (Å²) in [6, 6.07) is 11.3. The van der Waals surface area contributed by atoms with Crippen molar-refractivity contribution in [3.63, 3.8) is 0 Å². The third kappa shape index (κ3) is 3.29. The van der Waals surface area contributed by atoms with Crippen molar-refractivity contribution >= 4 is 27.8 Å². The highest BCUT2D eigenvalue weighted by molar-refractivity contribution is 5.85. The minimum atomic E-state index is -0.726. The van der Waals surface area contributed by atoms with Gasteiger partial charge in [0.15, 0.2) is 0 Å². The fourth-order valence-electron chi connectivity index (χ4n) is 3.19. The van der Waals surface area contributed by atoms with E-state index < -0.39 is 6.04 Å². The Morgan fingerprint density at radius 2 is 2.11 bits per heavy atom. The summed E-state index contributed by atoms with van der Waals surface area (Å²) < 4.78 is 19.1. The Bertz CT molecular complexity index is 1130. The number of furan rings is 1. The van der Waals surface area contributed by atoms with Crippen LogP contribution in [0.2, 0.25) is 0 Å². The number of amides is 1. The number of hydrogen-bond acceptors (Lipinski definition) is 4. The van der Waals surface area contributed by atoms with Crippen LogP contribution in [0.1, 0.15) is 17.0 Å². The minimum absolute atomic E-state index is 0.193. The maximum atomic E-state index is 13.4. The third-order valence-corrected chi connectivity index (χ3v) is 4.72. The maximum Gasteiger partial charge on any atom is 0.237 e. The zero-order chi connectivity index (χ0) is 19.0. The van der Waals surface area contributed by atoms with Gasteiger partial charge in [0, 0.05) is 28.5 Å². The van der Waals surface area contributed by atoms with Gasteiger partial charge in [-0.15, -0.1) is 0 Å². The first kappa shape index (κ1) is 17.2. The second-order valence-corrected chi connectivity index (χ2v) is 6.54. The van der Waals surface area contributed by atoms with Gasteiger partial charge in [0.2, 0.25) is 5.91 Å². The predicted octanol–water partition coefficient (Wildman–Crippen LogP) is 2.94. The SMILES string of the molecule is Cc1c(CNC(=O)C(N)Cc2[nH]nc3ccccc23)oc2ccc(F)cc12. The van der Waals surface area contributed by atoms with E-state index in [1.54, 1.807) is 6.07 Å². The van der Waals surface area contributed by atoms with Crippen LogP contribution < -0.4 is 11.1 Å². The van der Waals surface area contributed by atoms with Crippen molar-refractivity contribution in [3.8, 4) is 0 Å². The number of hydrogen-bond donors (Lipinski definition) is 3. The van der Waals surface area contributed by atoms with Gasteiger partial charge in [-0.05, 0) is 31.2 Å². The molecule has 4 N–H and O–H groups in total. The molecule has 1 amide bonds. The first-order valence-corrected chi connectivity index (χ1v) is 8.65. The van der Waals surface area contributed by atoms with Crippen LogP contribution in [0.5, 0.6) is 0 Å². The molecule has 0 radical (unpaired) electrons. The lowest BCUT2D eigenvalue weighted by molar-refractivity contribution is -0.122. The second-order valence-electron chi connectivity index (χ2n) is 6.54. The van der Waals surface area contributed by atoms with Gasteiger partial charge in [-0.2, -0.15) is 5.10 Å². The molecule has 6 nitrogen and oxygen atoms in total. The molecule has 2 aromatic carbocycles. The van der Waals surface area contributed by atoms with E-state index in [0.29, 0.717) is 23.2 Å². The molecule has 4 aromatic rings. The van der Waals surface area contributed by atoms with E-state index in [-0.39, 0.29) is 18.3 Å². The lowest BCUT2D eigenvalue weighted by Gasteiger charge is -2.11. The summed E-state index contributed by atoms with van der Waals surface area (Å²) in [5.41, 5.74) is 9.11. The average molecular weight is 366 g/mol. The first-order chi connectivity index (χ1) is 13.0. The molecule has 0 aliphatic rings. The van der Waals surface area contributed by atoms with E-state index in [4.69, 9.17) is 10.2 Å². The number of para-hydroxylation sites is 1. The van der Waals surface area contributed by atoms with Crippen LogP contribution in [-0.2, 0) is 17.8 Å². The topological polar surface area (TPSA) is 96.9 Å². The number of carbonyl (C=O) groups excluding carboxylic acids is 1. The number of halogens is 1. The van der Waals surface area contributed by atoms with Gasteiger partial charge >= 0.3 is 0 Å². The normalized spacial score (nSPS) is 12.6. The van der Waals surface area contributed by atoms with Gasteiger partial charge in [0.25, 0.3) is 0 Å². The largest absolute Gasteiger partial charge is 0.459 e. The monoisotopic (exact) mass is 366 g/mol. The van der Waals surface area contributed by atoms with Crippen molar-refractivity contribution in [3.05, 3.63) is 65.3 Å². The molecule has 0 aliphatic heterocycles. The van der Waals surface area contributed by atoms with Crippen molar-refractivity contribution in [2.45, 2.75) is 25.9 Å². The highest BCUT2D eigenvalue weighted by Gasteiger charge is 2.18. The van der Waals surface area contributed by atoms with Crippen molar-refractivity contribution < 1.29 is 13.6 Å². The molecule has 2 heterocycles. The Morgan fingerprint density at radius 1 is 1.30 bits per heavy atom. The van der Waals surface area contributed by atoms with E-state index in [1.807, 2.05) is 31.2 Å². The molecule has 27 heavy (non-hydrogen) atoms. The van der Waals surface area contributed by atoms with Crippen LogP contribution in [0.4, 0.5) is 4.39 Å². The van der Waals surface area contributed by atoms with Crippen LogP contribution in [0.15, 0.2) is 46.9 Å². The summed E-state index contributed by atoms with van der Waals surface area (Å²) in [6.07, 6.45) is 0.344. The Balaban J connectivity index is 1.44. The van der Waals surface area contributed by atoms with Crippen LogP contribution in [0.3, 0.4) is 0 Å². The number of rotatable bonds is 5. The quantitative estimate of drug-likeness (QED) is 0.506. The molecule has 0 fully saturated rings. The third-order valence-electron chi connectivity index (χ3n) is 4.72. The molecule has 0 bridgehead atoms. The molecular weight excluding hydrogens is 347 g/mol. The molecule has 0 spiro atoms. The molecule has 1 atom stereocenters. The molecule has 138 valence electrons. The van der Waals surface area contributed by atoms with E-state index >= 15 is 0 Å².